The third kappa shape index (κ3) is 3.34. The maximum absolute atomic E-state index is 12.6. The van der Waals surface area contributed by atoms with Crippen molar-refractivity contribution in [3.8, 4) is 5.75 Å². The molecule has 23 heavy (non-hydrogen) atoms. The molecule has 0 aliphatic heterocycles. The number of rotatable bonds is 4. The van der Waals surface area contributed by atoms with Crippen LogP contribution in [-0.2, 0) is 12.8 Å². The van der Waals surface area contributed by atoms with E-state index in [1.807, 2.05) is 31.2 Å². The number of ether oxygens (including phenoxy) is 1. The molecule has 1 aliphatic carbocycles. The average Bonchev–Trinajstić information content (AvgIpc) is 2.84. The summed E-state index contributed by atoms with van der Waals surface area (Å²) in [6.07, 6.45) is 3.09. The van der Waals surface area contributed by atoms with Gasteiger partial charge in [0.2, 0.25) is 0 Å². The van der Waals surface area contributed by atoms with Crippen LogP contribution in [0.15, 0.2) is 24.3 Å². The van der Waals surface area contributed by atoms with E-state index in [4.69, 9.17) is 10.5 Å². The molecule has 3 N–H and O–H groups in total. The molecule has 2 aromatic rings. The van der Waals surface area contributed by atoms with Crippen molar-refractivity contribution in [3.63, 3.8) is 0 Å². The number of carbonyl (C=O) groups excluding carboxylic acids is 1. The molecule has 1 aliphatic rings. The standard InChI is InChI=1S/C18H22N2O2S/c1-3-22-13-7-5-12(6-8-13)20-18(21)16-14-9-4-11(2)10-15(14)23-17(16)19/h5-8,11H,3-4,9-10,19H2,1-2H3,(H,20,21)/t11-/m1/s1. The second kappa shape index (κ2) is 6.62. The van der Waals surface area contributed by atoms with Crippen molar-refractivity contribution >= 4 is 27.9 Å². The van der Waals surface area contributed by atoms with Gasteiger partial charge in [0.25, 0.3) is 5.91 Å². The van der Waals surface area contributed by atoms with Gasteiger partial charge in [0.15, 0.2) is 0 Å². The van der Waals surface area contributed by atoms with Crippen molar-refractivity contribution in [2.24, 2.45) is 5.92 Å². The summed E-state index contributed by atoms with van der Waals surface area (Å²) < 4.78 is 5.41. The monoisotopic (exact) mass is 330 g/mol. The van der Waals surface area contributed by atoms with Crippen LogP contribution in [0.25, 0.3) is 0 Å². The van der Waals surface area contributed by atoms with Crippen LogP contribution in [0.2, 0.25) is 0 Å². The molecular weight excluding hydrogens is 308 g/mol. The van der Waals surface area contributed by atoms with Gasteiger partial charge in [0, 0.05) is 10.6 Å². The fourth-order valence-electron chi connectivity index (χ4n) is 3.02. The molecular formula is C18H22N2O2S. The predicted octanol–water partition coefficient (Wildman–Crippen LogP) is 4.11. The molecule has 1 aromatic heterocycles. The predicted molar refractivity (Wildman–Crippen MR) is 95.5 cm³/mol. The van der Waals surface area contributed by atoms with Gasteiger partial charge >= 0.3 is 0 Å². The second-order valence-corrected chi connectivity index (χ2v) is 7.14. The minimum atomic E-state index is -0.112. The Morgan fingerprint density at radius 3 is 2.83 bits per heavy atom. The van der Waals surface area contributed by atoms with E-state index in [-0.39, 0.29) is 5.91 Å². The summed E-state index contributed by atoms with van der Waals surface area (Å²) in [6, 6.07) is 7.40. The fourth-order valence-corrected chi connectivity index (χ4v) is 4.29. The van der Waals surface area contributed by atoms with Crippen molar-refractivity contribution < 1.29 is 9.53 Å². The molecule has 0 spiro atoms. The number of hydrogen-bond acceptors (Lipinski definition) is 4. The van der Waals surface area contributed by atoms with E-state index >= 15 is 0 Å². The number of nitrogens with one attached hydrogen (secondary N) is 1. The highest BCUT2D eigenvalue weighted by atomic mass is 32.1. The van der Waals surface area contributed by atoms with Crippen LogP contribution in [0, 0.1) is 5.92 Å². The molecule has 0 bridgehead atoms. The maximum Gasteiger partial charge on any atom is 0.258 e. The normalized spacial score (nSPS) is 16.7. The number of carbonyl (C=O) groups is 1. The summed E-state index contributed by atoms with van der Waals surface area (Å²) >= 11 is 1.57. The Morgan fingerprint density at radius 2 is 2.13 bits per heavy atom. The van der Waals surface area contributed by atoms with Crippen molar-refractivity contribution in [1.82, 2.24) is 0 Å². The van der Waals surface area contributed by atoms with Gasteiger partial charge in [0.1, 0.15) is 5.75 Å². The minimum Gasteiger partial charge on any atom is -0.494 e. The Morgan fingerprint density at radius 1 is 1.39 bits per heavy atom. The maximum atomic E-state index is 12.6. The van der Waals surface area contributed by atoms with E-state index in [2.05, 4.69) is 12.2 Å². The first-order valence-electron chi connectivity index (χ1n) is 8.02. The van der Waals surface area contributed by atoms with E-state index in [1.54, 1.807) is 11.3 Å². The molecule has 0 unspecified atom stereocenters. The lowest BCUT2D eigenvalue weighted by Crippen LogP contribution is -2.17. The lowest BCUT2D eigenvalue weighted by molar-refractivity contribution is 0.102. The zero-order valence-corrected chi connectivity index (χ0v) is 14.3. The van der Waals surface area contributed by atoms with Crippen LogP contribution in [0.1, 0.15) is 41.1 Å². The Bertz CT molecular complexity index is 707. The van der Waals surface area contributed by atoms with Crippen LogP contribution >= 0.6 is 11.3 Å². The first-order valence-corrected chi connectivity index (χ1v) is 8.84. The second-order valence-electron chi connectivity index (χ2n) is 6.00. The Hall–Kier alpha value is -2.01. The van der Waals surface area contributed by atoms with Gasteiger partial charge in [0.05, 0.1) is 17.2 Å². The van der Waals surface area contributed by atoms with Gasteiger partial charge in [-0.1, -0.05) is 6.92 Å². The number of anilines is 2. The SMILES string of the molecule is CCOc1ccc(NC(=O)c2c(N)sc3c2CC[C@@H](C)C3)cc1. The van der Waals surface area contributed by atoms with Gasteiger partial charge < -0.3 is 15.8 Å². The third-order valence-corrected chi connectivity index (χ3v) is 5.27. The highest BCUT2D eigenvalue weighted by Gasteiger charge is 2.26. The molecule has 0 fully saturated rings. The van der Waals surface area contributed by atoms with Crippen LogP contribution in [0.4, 0.5) is 10.7 Å². The molecule has 0 radical (unpaired) electrons. The van der Waals surface area contributed by atoms with Crippen molar-refractivity contribution in [2.45, 2.75) is 33.1 Å². The van der Waals surface area contributed by atoms with Gasteiger partial charge in [-0.3, -0.25) is 4.79 Å². The largest absolute Gasteiger partial charge is 0.494 e. The number of nitrogens with two attached hydrogens (primary N) is 1. The quantitative estimate of drug-likeness (QED) is 0.887. The number of hydrogen-bond donors (Lipinski definition) is 2. The third-order valence-electron chi connectivity index (χ3n) is 4.19. The van der Waals surface area contributed by atoms with Crippen LogP contribution < -0.4 is 15.8 Å². The topological polar surface area (TPSA) is 64.3 Å². The van der Waals surface area contributed by atoms with Crippen molar-refractivity contribution in [1.29, 1.82) is 0 Å². The highest BCUT2D eigenvalue weighted by molar-refractivity contribution is 7.16. The zero-order chi connectivity index (χ0) is 16.4. The zero-order valence-electron chi connectivity index (χ0n) is 13.5. The summed E-state index contributed by atoms with van der Waals surface area (Å²) in [6.45, 7) is 4.82. The first kappa shape index (κ1) is 15.9. The fraction of sp³-hybridized carbons (Fsp3) is 0.389. The molecule has 3 rings (SSSR count). The van der Waals surface area contributed by atoms with E-state index in [9.17, 15) is 4.79 Å². The highest BCUT2D eigenvalue weighted by Crippen LogP contribution is 2.38. The number of nitrogen functional groups attached to an aromatic ring is 1. The van der Waals surface area contributed by atoms with Crippen LogP contribution in [0.5, 0.6) is 5.75 Å². The Labute approximate surface area is 140 Å². The van der Waals surface area contributed by atoms with Crippen LogP contribution in [-0.4, -0.2) is 12.5 Å². The van der Waals surface area contributed by atoms with E-state index in [0.717, 1.165) is 36.3 Å². The van der Waals surface area contributed by atoms with Crippen molar-refractivity contribution in [2.75, 3.05) is 17.7 Å². The number of thiophene rings is 1. The molecule has 0 saturated heterocycles. The molecule has 5 heteroatoms. The molecule has 1 aromatic carbocycles. The van der Waals surface area contributed by atoms with Gasteiger partial charge in [-0.25, -0.2) is 0 Å². The summed E-state index contributed by atoms with van der Waals surface area (Å²) in [7, 11) is 0. The number of benzene rings is 1. The summed E-state index contributed by atoms with van der Waals surface area (Å²) in [4.78, 5) is 13.9. The van der Waals surface area contributed by atoms with Crippen molar-refractivity contribution in [3.05, 3.63) is 40.3 Å². The summed E-state index contributed by atoms with van der Waals surface area (Å²) in [5, 5.41) is 3.58. The number of amides is 1. The van der Waals surface area contributed by atoms with Crippen LogP contribution in [0.3, 0.4) is 0 Å². The molecule has 122 valence electrons. The Balaban J connectivity index is 1.78. The average molecular weight is 330 g/mol. The smallest absolute Gasteiger partial charge is 0.258 e. The lowest BCUT2D eigenvalue weighted by Gasteiger charge is -2.18. The van der Waals surface area contributed by atoms with E-state index in [0.29, 0.717) is 23.1 Å². The molecule has 1 heterocycles. The molecule has 4 nitrogen and oxygen atoms in total. The molecule has 0 saturated carbocycles. The van der Waals surface area contributed by atoms with E-state index in [1.165, 1.54) is 4.88 Å². The summed E-state index contributed by atoms with van der Waals surface area (Å²) in [5.41, 5.74) is 8.69. The van der Waals surface area contributed by atoms with E-state index < -0.39 is 0 Å². The minimum absolute atomic E-state index is 0.112. The van der Waals surface area contributed by atoms with Gasteiger partial charge in [-0.2, -0.15) is 0 Å². The number of fused-ring (bicyclic) bond motifs is 1. The molecule has 1 atom stereocenters. The van der Waals surface area contributed by atoms with Gasteiger partial charge in [-0.05, 0) is 61.9 Å². The summed E-state index contributed by atoms with van der Waals surface area (Å²) in [5.74, 6) is 1.35. The Kier molecular flexibility index (Phi) is 4.57. The molecule has 1 amide bonds. The van der Waals surface area contributed by atoms with Gasteiger partial charge in [-0.15, -0.1) is 11.3 Å². The first-order chi connectivity index (χ1) is 11.1. The lowest BCUT2D eigenvalue weighted by atomic mass is 9.88.